The van der Waals surface area contributed by atoms with Crippen molar-refractivity contribution in [3.05, 3.63) is 77.0 Å². The lowest BCUT2D eigenvalue weighted by molar-refractivity contribution is -0.137. The Balaban J connectivity index is 1.72. The number of H-pyrrole nitrogens is 2. The highest BCUT2D eigenvalue weighted by Gasteiger charge is 2.35. The first-order valence-corrected chi connectivity index (χ1v) is 7.98. The van der Waals surface area contributed by atoms with Crippen LogP contribution in [0.2, 0.25) is 0 Å². The molecule has 0 fully saturated rings. The quantitative estimate of drug-likeness (QED) is 0.378. The van der Waals surface area contributed by atoms with Crippen molar-refractivity contribution >= 4 is 16.8 Å². The Morgan fingerprint density at radius 1 is 1.00 bits per heavy atom. The van der Waals surface area contributed by atoms with Crippen LogP contribution in [0, 0.1) is 11.6 Å². The smallest absolute Gasteiger partial charge is 0.358 e. The van der Waals surface area contributed by atoms with E-state index in [0.29, 0.717) is 0 Å². The normalized spacial score (nSPS) is 11.9. The van der Waals surface area contributed by atoms with Crippen molar-refractivity contribution in [3.63, 3.8) is 0 Å². The van der Waals surface area contributed by atoms with Crippen molar-refractivity contribution in [2.75, 3.05) is 0 Å². The SMILES string of the molecule is O=C(c1c[nH]c(-c2nc3cc(F)c(F)cc3[nH]2)c1)c1ccccc1C(F)(F)F. The zero-order chi connectivity index (χ0) is 20.1. The van der Waals surface area contributed by atoms with Crippen LogP contribution in [0.4, 0.5) is 22.0 Å². The maximum Gasteiger partial charge on any atom is 0.417 e. The standard InChI is InChI=1S/C19H10F5N3O/c20-12-6-14-15(7-13(12)21)27-18(26-14)16-5-9(8-25-16)17(28)10-3-1-2-4-11(10)19(22,23)24/h1-8,25H,(H,26,27). The molecule has 0 aliphatic carbocycles. The molecule has 0 saturated heterocycles. The minimum absolute atomic E-state index is 0.00971. The van der Waals surface area contributed by atoms with Gasteiger partial charge in [0.25, 0.3) is 0 Å². The van der Waals surface area contributed by atoms with Crippen LogP contribution < -0.4 is 0 Å². The molecule has 0 aliphatic rings. The Hall–Kier alpha value is -3.49. The van der Waals surface area contributed by atoms with Gasteiger partial charge in [-0.1, -0.05) is 18.2 Å². The van der Waals surface area contributed by atoms with Gasteiger partial charge in [-0.2, -0.15) is 13.2 Å². The molecular formula is C19H10F5N3O. The van der Waals surface area contributed by atoms with Crippen molar-refractivity contribution in [1.29, 1.82) is 0 Å². The zero-order valence-corrected chi connectivity index (χ0v) is 13.9. The molecule has 4 nitrogen and oxygen atoms in total. The molecule has 2 N–H and O–H groups in total. The molecule has 28 heavy (non-hydrogen) atoms. The van der Waals surface area contributed by atoms with E-state index in [1.54, 1.807) is 0 Å². The number of ketones is 1. The van der Waals surface area contributed by atoms with Crippen LogP contribution in [0.15, 0.2) is 48.7 Å². The number of benzene rings is 2. The summed E-state index contributed by atoms with van der Waals surface area (Å²) in [6, 6.07) is 7.66. The topological polar surface area (TPSA) is 61.5 Å². The molecule has 2 aromatic carbocycles. The van der Waals surface area contributed by atoms with Crippen molar-refractivity contribution in [1.82, 2.24) is 15.0 Å². The maximum absolute atomic E-state index is 13.3. The highest BCUT2D eigenvalue weighted by molar-refractivity contribution is 6.10. The predicted octanol–water partition coefficient (Wildman–Crippen LogP) is 5.09. The fraction of sp³-hybridized carbons (Fsp3) is 0.0526. The van der Waals surface area contributed by atoms with Crippen molar-refractivity contribution in [2.45, 2.75) is 6.18 Å². The Kier molecular flexibility index (Phi) is 4.02. The van der Waals surface area contributed by atoms with Gasteiger partial charge in [-0.3, -0.25) is 4.79 Å². The number of carbonyl (C=O) groups excluding carboxylic acids is 1. The molecule has 4 rings (SSSR count). The number of aromatic amines is 2. The van der Waals surface area contributed by atoms with Gasteiger partial charge in [-0.15, -0.1) is 0 Å². The molecule has 0 radical (unpaired) electrons. The molecule has 0 bridgehead atoms. The van der Waals surface area contributed by atoms with E-state index in [2.05, 4.69) is 15.0 Å². The minimum Gasteiger partial charge on any atom is -0.358 e. The third-order valence-electron chi connectivity index (χ3n) is 4.20. The average molecular weight is 391 g/mol. The summed E-state index contributed by atoms with van der Waals surface area (Å²) in [6.45, 7) is 0. The Morgan fingerprint density at radius 2 is 1.71 bits per heavy atom. The average Bonchev–Trinajstić information content (AvgIpc) is 3.28. The minimum atomic E-state index is -4.67. The van der Waals surface area contributed by atoms with Crippen LogP contribution in [0.1, 0.15) is 21.5 Å². The number of hydrogen-bond donors (Lipinski definition) is 2. The number of imidazole rings is 1. The van der Waals surface area contributed by atoms with Gasteiger partial charge in [0.15, 0.2) is 23.2 Å². The van der Waals surface area contributed by atoms with Gasteiger partial charge in [0.1, 0.15) is 0 Å². The van der Waals surface area contributed by atoms with Crippen LogP contribution in [0.5, 0.6) is 0 Å². The summed E-state index contributed by atoms with van der Waals surface area (Å²) in [7, 11) is 0. The summed E-state index contributed by atoms with van der Waals surface area (Å²) in [5.74, 6) is -2.74. The summed E-state index contributed by atoms with van der Waals surface area (Å²) in [5.41, 5.74) is -0.835. The fourth-order valence-corrected chi connectivity index (χ4v) is 2.88. The molecule has 2 aromatic heterocycles. The highest BCUT2D eigenvalue weighted by Crippen LogP contribution is 2.33. The molecule has 2 heterocycles. The van der Waals surface area contributed by atoms with E-state index in [1.165, 1.54) is 24.4 Å². The van der Waals surface area contributed by atoms with E-state index < -0.39 is 34.7 Å². The summed E-state index contributed by atoms with van der Waals surface area (Å²) in [5, 5.41) is 0. The van der Waals surface area contributed by atoms with E-state index in [9.17, 15) is 26.7 Å². The Morgan fingerprint density at radius 3 is 2.46 bits per heavy atom. The van der Waals surface area contributed by atoms with Gasteiger partial charge in [0.2, 0.25) is 0 Å². The lowest BCUT2D eigenvalue weighted by Gasteiger charge is -2.10. The second-order valence-electron chi connectivity index (χ2n) is 6.04. The summed E-state index contributed by atoms with van der Waals surface area (Å²) < 4.78 is 66.1. The van der Waals surface area contributed by atoms with Crippen LogP contribution in [0.25, 0.3) is 22.6 Å². The first kappa shape index (κ1) is 17.9. The number of halogens is 5. The van der Waals surface area contributed by atoms with E-state index >= 15 is 0 Å². The number of aromatic nitrogens is 3. The van der Waals surface area contributed by atoms with Crippen LogP contribution in [-0.2, 0) is 6.18 Å². The van der Waals surface area contributed by atoms with Crippen molar-refractivity contribution < 1.29 is 26.7 Å². The predicted molar refractivity (Wildman–Crippen MR) is 90.7 cm³/mol. The highest BCUT2D eigenvalue weighted by atomic mass is 19.4. The van der Waals surface area contributed by atoms with Gasteiger partial charge in [-0.05, 0) is 12.1 Å². The van der Waals surface area contributed by atoms with E-state index in [4.69, 9.17) is 0 Å². The second-order valence-corrected chi connectivity index (χ2v) is 6.04. The molecule has 0 amide bonds. The molecule has 0 unspecified atom stereocenters. The third kappa shape index (κ3) is 3.04. The number of rotatable bonds is 3. The van der Waals surface area contributed by atoms with Crippen LogP contribution >= 0.6 is 0 Å². The fourth-order valence-electron chi connectivity index (χ4n) is 2.88. The summed E-state index contributed by atoms with van der Waals surface area (Å²) >= 11 is 0. The zero-order valence-electron chi connectivity index (χ0n) is 13.9. The monoisotopic (exact) mass is 391 g/mol. The summed E-state index contributed by atoms with van der Waals surface area (Å²) in [4.78, 5) is 22.2. The number of carbonyl (C=O) groups is 1. The molecule has 9 heteroatoms. The first-order chi connectivity index (χ1) is 13.2. The number of nitrogens with zero attached hydrogens (tertiary/aromatic N) is 1. The van der Waals surface area contributed by atoms with E-state index in [-0.39, 0.29) is 28.1 Å². The van der Waals surface area contributed by atoms with Crippen LogP contribution in [-0.4, -0.2) is 20.7 Å². The molecule has 4 aromatic rings. The lowest BCUT2D eigenvalue weighted by atomic mass is 9.99. The van der Waals surface area contributed by atoms with Gasteiger partial charge in [-0.25, -0.2) is 13.8 Å². The molecular weight excluding hydrogens is 381 g/mol. The van der Waals surface area contributed by atoms with Crippen LogP contribution in [0.3, 0.4) is 0 Å². The first-order valence-electron chi connectivity index (χ1n) is 7.98. The van der Waals surface area contributed by atoms with Crippen molar-refractivity contribution in [3.8, 4) is 11.5 Å². The second kappa shape index (κ2) is 6.29. The molecule has 0 aliphatic heterocycles. The molecule has 0 spiro atoms. The maximum atomic E-state index is 13.3. The van der Waals surface area contributed by atoms with E-state index in [1.807, 2.05) is 0 Å². The van der Waals surface area contributed by atoms with Crippen molar-refractivity contribution in [2.24, 2.45) is 0 Å². The largest absolute Gasteiger partial charge is 0.417 e. The number of nitrogens with one attached hydrogen (secondary N) is 2. The Bertz CT molecular complexity index is 1170. The molecule has 0 saturated carbocycles. The van der Waals surface area contributed by atoms with Gasteiger partial charge in [0.05, 0.1) is 22.3 Å². The molecule has 142 valence electrons. The number of hydrogen-bond acceptors (Lipinski definition) is 2. The summed E-state index contributed by atoms with van der Waals surface area (Å²) in [6.07, 6.45) is -3.42. The van der Waals surface area contributed by atoms with E-state index in [0.717, 1.165) is 24.3 Å². The van der Waals surface area contributed by atoms with Gasteiger partial charge >= 0.3 is 6.18 Å². The third-order valence-corrected chi connectivity index (χ3v) is 4.20. The van der Waals surface area contributed by atoms with Gasteiger partial charge < -0.3 is 9.97 Å². The number of alkyl halides is 3. The molecule has 0 atom stereocenters. The van der Waals surface area contributed by atoms with Gasteiger partial charge in [0, 0.05) is 29.5 Å². The number of fused-ring (bicyclic) bond motifs is 1. The lowest BCUT2D eigenvalue weighted by Crippen LogP contribution is -2.13. The Labute approximate surface area is 154 Å².